The van der Waals surface area contributed by atoms with Gasteiger partial charge in [-0.15, -0.1) is 0 Å². The Bertz CT molecular complexity index is 411. The Kier molecular flexibility index (Phi) is 4.92. The minimum absolute atomic E-state index is 0.105. The average molecular weight is 268 g/mol. The van der Waals surface area contributed by atoms with E-state index in [0.717, 1.165) is 37.7 Å². The van der Waals surface area contributed by atoms with Gasteiger partial charge >= 0.3 is 0 Å². The Labute approximate surface area is 113 Å². The SMILES string of the molecule is CCCC1CCC(C(O)c2ccc(F)cc2F)CC1. The lowest BCUT2D eigenvalue weighted by Gasteiger charge is -2.31. The van der Waals surface area contributed by atoms with Crippen LogP contribution >= 0.6 is 0 Å². The second-order valence-electron chi connectivity index (χ2n) is 5.68. The summed E-state index contributed by atoms with van der Waals surface area (Å²) in [5.41, 5.74) is 0.236. The molecule has 1 fully saturated rings. The molecule has 1 aromatic rings. The summed E-state index contributed by atoms with van der Waals surface area (Å²) in [5, 5.41) is 10.3. The lowest BCUT2D eigenvalue weighted by atomic mass is 9.76. The first-order valence-electron chi connectivity index (χ1n) is 7.24. The summed E-state index contributed by atoms with van der Waals surface area (Å²) >= 11 is 0. The van der Waals surface area contributed by atoms with Crippen LogP contribution in [0.1, 0.15) is 57.1 Å². The van der Waals surface area contributed by atoms with E-state index in [4.69, 9.17) is 0 Å². The van der Waals surface area contributed by atoms with Gasteiger partial charge in [-0.2, -0.15) is 0 Å². The topological polar surface area (TPSA) is 20.2 Å². The Morgan fingerprint density at radius 2 is 1.89 bits per heavy atom. The molecule has 0 heterocycles. The lowest BCUT2D eigenvalue weighted by molar-refractivity contribution is 0.0693. The van der Waals surface area contributed by atoms with Crippen molar-refractivity contribution in [1.82, 2.24) is 0 Å². The summed E-state index contributed by atoms with van der Waals surface area (Å²) in [6, 6.07) is 3.43. The molecule has 0 aromatic heterocycles. The van der Waals surface area contributed by atoms with Crippen molar-refractivity contribution in [3.8, 4) is 0 Å². The van der Waals surface area contributed by atoms with Crippen LogP contribution in [0.3, 0.4) is 0 Å². The van der Waals surface area contributed by atoms with Gasteiger partial charge in [-0.1, -0.05) is 38.7 Å². The van der Waals surface area contributed by atoms with Gasteiger partial charge in [-0.05, 0) is 30.7 Å². The third kappa shape index (κ3) is 3.53. The van der Waals surface area contributed by atoms with Crippen molar-refractivity contribution in [2.24, 2.45) is 11.8 Å². The average Bonchev–Trinajstić information content (AvgIpc) is 2.39. The minimum Gasteiger partial charge on any atom is -0.388 e. The van der Waals surface area contributed by atoms with E-state index in [0.29, 0.717) is 0 Å². The zero-order valence-electron chi connectivity index (χ0n) is 11.4. The number of hydrogen-bond donors (Lipinski definition) is 1. The first kappa shape index (κ1) is 14.4. The molecular formula is C16H22F2O. The van der Waals surface area contributed by atoms with E-state index in [1.807, 2.05) is 0 Å². The van der Waals surface area contributed by atoms with Crippen LogP contribution in [-0.2, 0) is 0 Å². The number of halogens is 2. The van der Waals surface area contributed by atoms with Crippen molar-refractivity contribution in [2.75, 3.05) is 0 Å². The van der Waals surface area contributed by atoms with Gasteiger partial charge in [-0.3, -0.25) is 0 Å². The van der Waals surface area contributed by atoms with Gasteiger partial charge < -0.3 is 5.11 Å². The number of aliphatic hydroxyl groups is 1. The molecule has 0 amide bonds. The van der Waals surface area contributed by atoms with E-state index in [9.17, 15) is 13.9 Å². The standard InChI is InChI=1S/C16H22F2O/c1-2-3-11-4-6-12(7-5-11)16(19)14-9-8-13(17)10-15(14)18/h8-12,16,19H,2-7H2,1H3. The Hall–Kier alpha value is -0.960. The fraction of sp³-hybridized carbons (Fsp3) is 0.625. The maximum atomic E-state index is 13.7. The smallest absolute Gasteiger partial charge is 0.131 e. The monoisotopic (exact) mass is 268 g/mol. The molecule has 0 spiro atoms. The van der Waals surface area contributed by atoms with Crippen LogP contribution < -0.4 is 0 Å². The second-order valence-corrected chi connectivity index (χ2v) is 5.68. The maximum absolute atomic E-state index is 13.7. The maximum Gasteiger partial charge on any atom is 0.131 e. The Morgan fingerprint density at radius 3 is 2.47 bits per heavy atom. The van der Waals surface area contributed by atoms with Crippen LogP contribution in [0, 0.1) is 23.5 Å². The lowest BCUT2D eigenvalue weighted by Crippen LogP contribution is -2.21. The van der Waals surface area contributed by atoms with Gasteiger partial charge in [0.05, 0.1) is 6.10 Å². The molecule has 1 saturated carbocycles. The van der Waals surface area contributed by atoms with E-state index >= 15 is 0 Å². The molecule has 1 N–H and O–H groups in total. The summed E-state index contributed by atoms with van der Waals surface area (Å²) in [4.78, 5) is 0. The van der Waals surface area contributed by atoms with Crippen molar-refractivity contribution in [1.29, 1.82) is 0 Å². The van der Waals surface area contributed by atoms with E-state index in [1.165, 1.54) is 25.0 Å². The molecule has 1 unspecified atom stereocenters. The summed E-state index contributed by atoms with van der Waals surface area (Å²) in [5.74, 6) is -0.372. The predicted octanol–water partition coefficient (Wildman–Crippen LogP) is 4.60. The molecule has 1 nitrogen and oxygen atoms in total. The van der Waals surface area contributed by atoms with Crippen molar-refractivity contribution in [3.63, 3.8) is 0 Å². The second kappa shape index (κ2) is 6.47. The predicted molar refractivity (Wildman–Crippen MR) is 71.7 cm³/mol. The number of benzene rings is 1. The molecule has 2 rings (SSSR count). The van der Waals surface area contributed by atoms with Gasteiger partial charge in [0.15, 0.2) is 0 Å². The normalized spacial score (nSPS) is 25.3. The third-order valence-electron chi connectivity index (χ3n) is 4.32. The van der Waals surface area contributed by atoms with Crippen LogP contribution in [0.2, 0.25) is 0 Å². The van der Waals surface area contributed by atoms with Crippen LogP contribution in [0.5, 0.6) is 0 Å². The largest absolute Gasteiger partial charge is 0.388 e. The van der Waals surface area contributed by atoms with E-state index in [2.05, 4.69) is 6.92 Å². The van der Waals surface area contributed by atoms with Crippen molar-refractivity contribution >= 4 is 0 Å². The van der Waals surface area contributed by atoms with E-state index in [-0.39, 0.29) is 11.5 Å². The van der Waals surface area contributed by atoms with E-state index in [1.54, 1.807) is 0 Å². The fourth-order valence-electron chi connectivity index (χ4n) is 3.20. The van der Waals surface area contributed by atoms with Gasteiger partial charge in [0.1, 0.15) is 11.6 Å². The minimum atomic E-state index is -0.803. The molecular weight excluding hydrogens is 246 g/mol. The first-order chi connectivity index (χ1) is 9.11. The molecule has 1 atom stereocenters. The van der Waals surface area contributed by atoms with Crippen LogP contribution in [0.4, 0.5) is 8.78 Å². The van der Waals surface area contributed by atoms with Crippen molar-refractivity contribution in [2.45, 2.75) is 51.6 Å². The van der Waals surface area contributed by atoms with Crippen molar-refractivity contribution in [3.05, 3.63) is 35.4 Å². The molecule has 19 heavy (non-hydrogen) atoms. The Morgan fingerprint density at radius 1 is 1.21 bits per heavy atom. The Balaban J connectivity index is 1.99. The van der Waals surface area contributed by atoms with Crippen LogP contribution in [0.25, 0.3) is 0 Å². The third-order valence-corrected chi connectivity index (χ3v) is 4.32. The molecule has 1 aliphatic carbocycles. The van der Waals surface area contributed by atoms with Gasteiger partial charge in [0.2, 0.25) is 0 Å². The van der Waals surface area contributed by atoms with Gasteiger partial charge in [0.25, 0.3) is 0 Å². The first-order valence-corrected chi connectivity index (χ1v) is 7.24. The molecule has 0 radical (unpaired) electrons. The summed E-state index contributed by atoms with van der Waals surface area (Å²) in [6.07, 6.45) is 5.73. The zero-order chi connectivity index (χ0) is 13.8. The summed E-state index contributed by atoms with van der Waals surface area (Å²) in [6.45, 7) is 2.19. The molecule has 3 heteroatoms. The molecule has 1 aromatic carbocycles. The summed E-state index contributed by atoms with van der Waals surface area (Å²) in [7, 11) is 0. The highest BCUT2D eigenvalue weighted by Crippen LogP contribution is 2.38. The fourth-order valence-corrected chi connectivity index (χ4v) is 3.20. The molecule has 0 saturated heterocycles. The van der Waals surface area contributed by atoms with Crippen LogP contribution in [0.15, 0.2) is 18.2 Å². The quantitative estimate of drug-likeness (QED) is 0.845. The number of aliphatic hydroxyl groups excluding tert-OH is 1. The zero-order valence-corrected chi connectivity index (χ0v) is 11.4. The van der Waals surface area contributed by atoms with Crippen molar-refractivity contribution < 1.29 is 13.9 Å². The van der Waals surface area contributed by atoms with Gasteiger partial charge in [0, 0.05) is 11.6 Å². The van der Waals surface area contributed by atoms with Crippen LogP contribution in [-0.4, -0.2) is 5.11 Å². The number of rotatable bonds is 4. The highest BCUT2D eigenvalue weighted by atomic mass is 19.1. The van der Waals surface area contributed by atoms with E-state index < -0.39 is 17.7 Å². The molecule has 0 bridgehead atoms. The highest BCUT2D eigenvalue weighted by Gasteiger charge is 2.28. The van der Waals surface area contributed by atoms with Gasteiger partial charge in [-0.25, -0.2) is 8.78 Å². The summed E-state index contributed by atoms with van der Waals surface area (Å²) < 4.78 is 26.5. The molecule has 0 aliphatic heterocycles. The number of hydrogen-bond acceptors (Lipinski definition) is 1. The highest BCUT2D eigenvalue weighted by molar-refractivity contribution is 5.21. The molecule has 106 valence electrons. The molecule has 1 aliphatic rings.